The second kappa shape index (κ2) is 14.9. The third-order valence-electron chi connectivity index (χ3n) is 5.95. The highest BCUT2D eigenvalue weighted by Crippen LogP contribution is 2.35. The monoisotopic (exact) mass is 600 g/mol. The van der Waals surface area contributed by atoms with E-state index in [2.05, 4.69) is 5.32 Å². The number of nitrogens with two attached hydrogens (primary N) is 1. The fourth-order valence-electron chi connectivity index (χ4n) is 4.16. The first-order valence-electron chi connectivity index (χ1n) is 12.5. The van der Waals surface area contributed by atoms with Crippen LogP contribution in [0.25, 0.3) is 0 Å². The molecule has 0 spiro atoms. The lowest BCUT2D eigenvalue weighted by atomic mass is 10.0. The number of ether oxygens (including phenoxy) is 2. The van der Waals surface area contributed by atoms with Crippen LogP contribution in [0.5, 0.6) is 0 Å². The Morgan fingerprint density at radius 1 is 1.20 bits per heavy atom. The van der Waals surface area contributed by atoms with Crippen LogP contribution in [0.15, 0.2) is 59.5 Å². The summed E-state index contributed by atoms with van der Waals surface area (Å²) in [6.45, 7) is 3.77. The number of carbonyl (C=O) groups excluding carboxylic acids is 1. The summed E-state index contributed by atoms with van der Waals surface area (Å²) < 4.78 is 55.9. The second-order valence-electron chi connectivity index (χ2n) is 9.73. The van der Waals surface area contributed by atoms with Crippen molar-refractivity contribution >= 4 is 29.6 Å². The number of hydrogen-bond donors (Lipinski definition) is 3. The number of alkyl carbamates (subject to hydrolysis) is 1. The molecule has 1 aliphatic rings. The quantitative estimate of drug-likeness (QED) is 0.228. The molecule has 3 rings (SSSR count). The van der Waals surface area contributed by atoms with Crippen LogP contribution in [0.3, 0.4) is 0 Å². The van der Waals surface area contributed by atoms with Crippen molar-refractivity contribution < 1.29 is 41.6 Å². The van der Waals surface area contributed by atoms with Gasteiger partial charge in [-0.15, -0.1) is 0 Å². The van der Waals surface area contributed by atoms with Crippen LogP contribution in [0.2, 0.25) is 0 Å². The number of nitrogen functional groups attached to an aromatic ring is 1. The van der Waals surface area contributed by atoms with Crippen molar-refractivity contribution in [1.29, 1.82) is 0 Å². The van der Waals surface area contributed by atoms with E-state index in [1.54, 1.807) is 44.2 Å². The van der Waals surface area contributed by atoms with E-state index in [9.17, 15) is 27.6 Å². The van der Waals surface area contributed by atoms with Gasteiger partial charge in [0.15, 0.2) is 0 Å². The van der Waals surface area contributed by atoms with Gasteiger partial charge in [0.05, 0.1) is 24.2 Å². The first kappa shape index (κ1) is 33.7. The molecule has 224 valence electrons. The zero-order valence-electron chi connectivity index (χ0n) is 21.8. The number of nitrogens with zero attached hydrogens (tertiary/aromatic N) is 1. The van der Waals surface area contributed by atoms with E-state index < -0.39 is 48.7 Å². The van der Waals surface area contributed by atoms with Gasteiger partial charge in [-0.25, -0.2) is 13.2 Å². The molecule has 0 aliphatic carbocycles. The van der Waals surface area contributed by atoms with Gasteiger partial charge in [0.1, 0.15) is 12.2 Å². The molecule has 14 heteroatoms. The maximum Gasteiger partial charge on any atom is 0.407 e. The number of phosphoric ester groups is 1. The maximum atomic E-state index is 13.6. The van der Waals surface area contributed by atoms with E-state index in [4.69, 9.17) is 19.7 Å². The number of nitrogens with one attached hydrogen (secondary N) is 1. The zero-order valence-corrected chi connectivity index (χ0v) is 23.6. The Bertz CT molecular complexity index is 1220. The third-order valence-corrected chi connectivity index (χ3v) is 8.33. The van der Waals surface area contributed by atoms with Crippen molar-refractivity contribution in [1.82, 2.24) is 9.62 Å². The Hall–Kier alpha value is -2.51. The number of anilines is 1. The molecule has 4 N–H and O–H groups in total. The molecule has 1 amide bonds. The largest absolute Gasteiger partial charge is 0.756 e. The van der Waals surface area contributed by atoms with Crippen LogP contribution in [0.1, 0.15) is 33.3 Å². The smallest absolute Gasteiger partial charge is 0.407 e. The second-order valence-corrected chi connectivity index (χ2v) is 12.8. The van der Waals surface area contributed by atoms with E-state index in [1.807, 2.05) is 0 Å². The number of rotatable bonds is 13. The normalized spacial score (nSPS) is 18.5. The van der Waals surface area contributed by atoms with Gasteiger partial charge in [0, 0.05) is 25.2 Å². The topological polar surface area (TPSA) is 181 Å². The SMILES string of the molecule is C.CC(C)CN(C[C@@H](OP(=O)([O-])O)[C@H](Cc1ccccc1)NC(=O)O[C@H]1CCOC1)S(=O)(=O)c1ccc(N)cc1. The highest BCUT2D eigenvalue weighted by Gasteiger charge is 2.35. The van der Waals surface area contributed by atoms with Gasteiger partial charge in [0.25, 0.3) is 7.82 Å². The fraction of sp³-hybridized carbons (Fsp3) is 0.500. The first-order chi connectivity index (χ1) is 18.3. The predicted octanol–water partition coefficient (Wildman–Crippen LogP) is 2.52. The number of hydrogen-bond acceptors (Lipinski definition) is 9. The number of benzene rings is 2. The van der Waals surface area contributed by atoms with E-state index in [0.717, 1.165) is 4.31 Å². The maximum absolute atomic E-state index is 13.6. The molecule has 1 fully saturated rings. The van der Waals surface area contributed by atoms with Crippen LogP contribution in [0.4, 0.5) is 10.5 Å². The highest BCUT2D eigenvalue weighted by atomic mass is 32.2. The molecular weight excluding hydrogens is 561 g/mol. The van der Waals surface area contributed by atoms with E-state index >= 15 is 0 Å². The number of phosphoric acid groups is 1. The number of sulfonamides is 1. The van der Waals surface area contributed by atoms with Crippen molar-refractivity contribution in [3.8, 4) is 0 Å². The standard InChI is InChI=1S/C25H36N3O9PS.CH4/c1-18(2)15-28(39(33,34)22-10-8-20(26)9-11-22)16-24(37-38(30,31)32)23(14-19-6-4-3-5-7-19)27-25(29)36-21-12-13-35-17-21;/h3-11,18,21,23-24H,12-17,26H2,1-2H3,(H,27,29)(H2,30,31,32);1H4/p-1/t21-,23-,24+;/m0./s1. The Kier molecular flexibility index (Phi) is 12.6. The molecule has 1 aliphatic heterocycles. The molecule has 0 bridgehead atoms. The molecule has 1 unspecified atom stereocenters. The average Bonchev–Trinajstić information content (AvgIpc) is 3.35. The average molecular weight is 601 g/mol. The van der Waals surface area contributed by atoms with Gasteiger partial charge in [-0.1, -0.05) is 51.6 Å². The summed E-state index contributed by atoms with van der Waals surface area (Å²) in [4.78, 5) is 34.3. The molecule has 0 saturated carbocycles. The molecule has 40 heavy (non-hydrogen) atoms. The molecule has 0 radical (unpaired) electrons. The summed E-state index contributed by atoms with van der Waals surface area (Å²) in [6, 6.07) is 13.3. The lowest BCUT2D eigenvalue weighted by molar-refractivity contribution is -0.225. The van der Waals surface area contributed by atoms with Gasteiger partial charge in [0.2, 0.25) is 10.0 Å². The van der Waals surface area contributed by atoms with Crippen LogP contribution < -0.4 is 15.9 Å². The molecule has 1 heterocycles. The Morgan fingerprint density at radius 3 is 2.40 bits per heavy atom. The van der Waals surface area contributed by atoms with Crippen molar-refractivity contribution in [3.05, 3.63) is 60.2 Å². The summed E-state index contributed by atoms with van der Waals surface area (Å²) in [7, 11) is -9.53. The lowest BCUT2D eigenvalue weighted by Crippen LogP contribution is -2.52. The molecule has 2 aromatic rings. The van der Waals surface area contributed by atoms with E-state index in [-0.39, 0.29) is 37.8 Å². The molecule has 12 nitrogen and oxygen atoms in total. The summed E-state index contributed by atoms with van der Waals surface area (Å²) in [5.74, 6) is -0.157. The van der Waals surface area contributed by atoms with Crippen LogP contribution in [-0.2, 0) is 35.0 Å². The van der Waals surface area contributed by atoms with Crippen molar-refractivity contribution in [3.63, 3.8) is 0 Å². The summed E-state index contributed by atoms with van der Waals surface area (Å²) in [5, 5.41) is 2.62. The molecular formula is C26H39N3O9PS-. The highest BCUT2D eigenvalue weighted by molar-refractivity contribution is 7.89. The third kappa shape index (κ3) is 10.5. The first-order valence-corrected chi connectivity index (χ1v) is 15.4. The number of amides is 1. The Morgan fingerprint density at radius 2 is 1.85 bits per heavy atom. The Balaban J connectivity index is 0.00000560. The van der Waals surface area contributed by atoms with Crippen molar-refractivity contribution in [2.45, 2.75) is 57.3 Å². The lowest BCUT2D eigenvalue weighted by Gasteiger charge is -2.35. The summed E-state index contributed by atoms with van der Waals surface area (Å²) >= 11 is 0. The van der Waals surface area contributed by atoms with Crippen molar-refractivity contribution in [2.75, 3.05) is 32.0 Å². The van der Waals surface area contributed by atoms with Gasteiger partial charge in [-0.2, -0.15) is 4.31 Å². The molecule has 4 atom stereocenters. The molecule has 2 aromatic carbocycles. The Labute approximate surface area is 236 Å². The predicted molar refractivity (Wildman–Crippen MR) is 149 cm³/mol. The van der Waals surface area contributed by atoms with Crippen LogP contribution in [0, 0.1) is 5.92 Å². The number of carbonyl (C=O) groups is 1. The van der Waals surface area contributed by atoms with Crippen LogP contribution in [-0.4, -0.2) is 68.3 Å². The van der Waals surface area contributed by atoms with Crippen molar-refractivity contribution in [2.24, 2.45) is 5.92 Å². The molecule has 0 aromatic heterocycles. The summed E-state index contributed by atoms with van der Waals surface area (Å²) in [5.41, 5.74) is 6.79. The van der Waals surface area contributed by atoms with Gasteiger partial charge < -0.3 is 34.8 Å². The summed E-state index contributed by atoms with van der Waals surface area (Å²) in [6.07, 6.45) is -2.28. The minimum atomic E-state index is -5.37. The van der Waals surface area contributed by atoms with Gasteiger partial charge in [-0.05, 0) is 42.2 Å². The van der Waals surface area contributed by atoms with E-state index in [0.29, 0.717) is 24.3 Å². The molecule has 1 saturated heterocycles. The fourth-order valence-corrected chi connectivity index (χ4v) is 6.33. The minimum absolute atomic E-state index is 0. The van der Waals surface area contributed by atoms with Crippen LogP contribution >= 0.6 is 7.82 Å². The minimum Gasteiger partial charge on any atom is -0.756 e. The zero-order chi connectivity index (χ0) is 28.6. The van der Waals surface area contributed by atoms with E-state index in [1.165, 1.54) is 24.3 Å². The van der Waals surface area contributed by atoms with Gasteiger partial charge in [-0.3, -0.25) is 4.57 Å². The van der Waals surface area contributed by atoms with Gasteiger partial charge >= 0.3 is 6.09 Å².